The number of hydrogen-bond donors (Lipinski definition) is 2. The minimum absolute atomic E-state index is 0.284. The molecule has 0 aliphatic carbocycles. The van der Waals surface area contributed by atoms with E-state index in [9.17, 15) is 0 Å². The summed E-state index contributed by atoms with van der Waals surface area (Å²) in [6.07, 6.45) is 8.12. The van der Waals surface area contributed by atoms with E-state index in [2.05, 4.69) is 37.2 Å². The van der Waals surface area contributed by atoms with Crippen molar-refractivity contribution in [1.82, 2.24) is 24.8 Å². The molecular formula is C17H21N7O. The summed E-state index contributed by atoms with van der Waals surface area (Å²) in [5.41, 5.74) is 0.582. The smallest absolute Gasteiger partial charge is 0.291 e. The van der Waals surface area contributed by atoms with Crippen LogP contribution < -0.4 is 10.6 Å². The summed E-state index contributed by atoms with van der Waals surface area (Å²) in [5.74, 6) is 1.65. The van der Waals surface area contributed by atoms with Gasteiger partial charge in [-0.2, -0.15) is 0 Å². The van der Waals surface area contributed by atoms with E-state index < -0.39 is 0 Å². The first-order chi connectivity index (χ1) is 12.2. The number of hydrogen-bond acceptors (Lipinski definition) is 7. The van der Waals surface area contributed by atoms with Gasteiger partial charge in [0.15, 0.2) is 5.60 Å². The van der Waals surface area contributed by atoms with Crippen molar-refractivity contribution in [2.24, 2.45) is 10.9 Å². The second-order valence-electron chi connectivity index (χ2n) is 6.40. The van der Waals surface area contributed by atoms with E-state index in [1.165, 1.54) is 6.33 Å². The molecule has 0 saturated carbocycles. The lowest BCUT2D eigenvalue weighted by Crippen LogP contribution is -2.54. The zero-order valence-electron chi connectivity index (χ0n) is 14.1. The van der Waals surface area contributed by atoms with Crippen LogP contribution in [0.25, 0.3) is 5.82 Å². The Morgan fingerprint density at radius 3 is 3.16 bits per heavy atom. The number of nitrogens with one attached hydrogen (secondary N) is 2. The van der Waals surface area contributed by atoms with Crippen molar-refractivity contribution in [1.29, 1.82) is 0 Å². The van der Waals surface area contributed by atoms with Gasteiger partial charge in [-0.15, -0.1) is 6.58 Å². The molecular weight excluding hydrogens is 318 g/mol. The quantitative estimate of drug-likeness (QED) is 0.820. The summed E-state index contributed by atoms with van der Waals surface area (Å²) in [6.45, 7) is 8.24. The number of aryl methyl sites for hydroxylation is 1. The SMILES string of the molecule is C=CC1CCNCC12CN=C(Nc1cc(-n3cnc(C)c3)ncn1)O2. The van der Waals surface area contributed by atoms with Gasteiger partial charge in [-0.05, 0) is 19.9 Å². The monoisotopic (exact) mass is 339 g/mol. The standard InChI is InChI=1S/C17H21N7O/c1-3-13-4-5-18-8-17(13)9-19-16(25-17)23-14-6-15(21-10-20-14)24-7-12(2)22-11-24/h3,6-7,10-11,13,18H,1,4-5,8-9H2,2H3,(H,19,20,21,23). The molecule has 130 valence electrons. The van der Waals surface area contributed by atoms with Gasteiger partial charge in [0.2, 0.25) is 0 Å². The van der Waals surface area contributed by atoms with E-state index in [1.54, 1.807) is 6.33 Å². The predicted octanol–water partition coefficient (Wildman–Crippen LogP) is 1.30. The fourth-order valence-electron chi connectivity index (χ4n) is 3.31. The summed E-state index contributed by atoms with van der Waals surface area (Å²) in [7, 11) is 0. The van der Waals surface area contributed by atoms with Crippen LogP contribution in [0.3, 0.4) is 0 Å². The summed E-state index contributed by atoms with van der Waals surface area (Å²) in [4.78, 5) is 17.3. The van der Waals surface area contributed by atoms with E-state index in [0.717, 1.165) is 31.0 Å². The van der Waals surface area contributed by atoms with Gasteiger partial charge in [0, 0.05) is 24.7 Å². The van der Waals surface area contributed by atoms with Crippen LogP contribution in [-0.4, -0.2) is 50.8 Å². The number of piperidine rings is 1. The number of anilines is 1. The molecule has 1 fully saturated rings. The van der Waals surface area contributed by atoms with Crippen LogP contribution in [-0.2, 0) is 4.74 Å². The lowest BCUT2D eigenvalue weighted by atomic mass is 9.82. The maximum atomic E-state index is 6.17. The topological polar surface area (TPSA) is 89.2 Å². The van der Waals surface area contributed by atoms with Crippen molar-refractivity contribution >= 4 is 11.8 Å². The van der Waals surface area contributed by atoms with E-state index in [1.807, 2.05) is 29.8 Å². The summed E-state index contributed by atoms with van der Waals surface area (Å²) < 4.78 is 8.02. The molecule has 0 bridgehead atoms. The highest BCUT2D eigenvalue weighted by Gasteiger charge is 2.45. The molecule has 0 amide bonds. The van der Waals surface area contributed by atoms with Crippen LogP contribution in [0, 0.1) is 12.8 Å². The van der Waals surface area contributed by atoms with Crippen molar-refractivity contribution < 1.29 is 4.74 Å². The van der Waals surface area contributed by atoms with Crippen molar-refractivity contribution in [3.63, 3.8) is 0 Å². The molecule has 2 aliphatic rings. The lowest BCUT2D eigenvalue weighted by Gasteiger charge is -2.38. The van der Waals surface area contributed by atoms with E-state index in [4.69, 9.17) is 4.74 Å². The molecule has 2 unspecified atom stereocenters. The third kappa shape index (κ3) is 3.00. The fraction of sp³-hybridized carbons (Fsp3) is 0.412. The normalized spacial score (nSPS) is 25.5. The molecule has 2 aromatic rings. The number of aliphatic imine (C=N–C) groups is 1. The molecule has 2 atom stereocenters. The van der Waals surface area contributed by atoms with E-state index >= 15 is 0 Å². The van der Waals surface area contributed by atoms with Crippen molar-refractivity contribution in [3.05, 3.63) is 43.3 Å². The first-order valence-electron chi connectivity index (χ1n) is 8.35. The molecule has 2 N–H and O–H groups in total. The van der Waals surface area contributed by atoms with Crippen LogP contribution in [0.1, 0.15) is 12.1 Å². The maximum Gasteiger partial charge on any atom is 0.291 e. The van der Waals surface area contributed by atoms with Crippen LogP contribution in [0.5, 0.6) is 0 Å². The van der Waals surface area contributed by atoms with Crippen LogP contribution in [0.2, 0.25) is 0 Å². The predicted molar refractivity (Wildman–Crippen MR) is 94.8 cm³/mol. The molecule has 1 saturated heterocycles. The third-order valence-electron chi connectivity index (χ3n) is 4.67. The lowest BCUT2D eigenvalue weighted by molar-refractivity contribution is 0.0234. The Kier molecular flexibility index (Phi) is 3.96. The third-order valence-corrected chi connectivity index (χ3v) is 4.67. The van der Waals surface area contributed by atoms with Crippen molar-refractivity contribution in [3.8, 4) is 5.82 Å². The fourth-order valence-corrected chi connectivity index (χ4v) is 3.31. The highest BCUT2D eigenvalue weighted by atomic mass is 16.5. The van der Waals surface area contributed by atoms with Gasteiger partial charge in [-0.1, -0.05) is 6.08 Å². The molecule has 4 rings (SSSR count). The first-order valence-corrected chi connectivity index (χ1v) is 8.35. The molecule has 25 heavy (non-hydrogen) atoms. The zero-order valence-corrected chi connectivity index (χ0v) is 14.1. The Hall–Kier alpha value is -2.74. The average molecular weight is 339 g/mol. The molecule has 2 aliphatic heterocycles. The number of rotatable bonds is 3. The molecule has 4 heterocycles. The van der Waals surface area contributed by atoms with Gasteiger partial charge in [0.25, 0.3) is 6.02 Å². The second kappa shape index (κ2) is 6.29. The molecule has 8 heteroatoms. The van der Waals surface area contributed by atoms with Crippen LogP contribution in [0.4, 0.5) is 5.82 Å². The maximum absolute atomic E-state index is 6.17. The highest BCUT2D eigenvalue weighted by Crippen LogP contribution is 2.33. The second-order valence-corrected chi connectivity index (χ2v) is 6.40. The van der Waals surface area contributed by atoms with Crippen LogP contribution >= 0.6 is 0 Å². The average Bonchev–Trinajstić information content (AvgIpc) is 3.23. The van der Waals surface area contributed by atoms with Gasteiger partial charge in [0.05, 0.1) is 12.2 Å². The Morgan fingerprint density at radius 1 is 1.44 bits per heavy atom. The largest absolute Gasteiger partial charge is 0.454 e. The molecule has 2 aromatic heterocycles. The molecule has 1 spiro atoms. The van der Waals surface area contributed by atoms with Crippen molar-refractivity contribution in [2.45, 2.75) is 18.9 Å². The van der Waals surface area contributed by atoms with Gasteiger partial charge >= 0.3 is 0 Å². The number of imidazole rings is 1. The number of aromatic nitrogens is 4. The number of amidine groups is 1. The summed E-state index contributed by atoms with van der Waals surface area (Å²) in [6, 6.07) is 2.32. The van der Waals surface area contributed by atoms with Crippen LogP contribution in [0.15, 0.2) is 42.6 Å². The van der Waals surface area contributed by atoms with Gasteiger partial charge in [-0.25, -0.2) is 19.9 Å². The molecule has 8 nitrogen and oxygen atoms in total. The molecule has 0 radical (unpaired) electrons. The Balaban J connectivity index is 1.49. The van der Waals surface area contributed by atoms with E-state index in [0.29, 0.717) is 18.4 Å². The first kappa shape index (κ1) is 15.8. The molecule has 0 aromatic carbocycles. The van der Waals surface area contributed by atoms with Gasteiger partial charge in [0.1, 0.15) is 24.3 Å². The number of nitrogens with zero attached hydrogens (tertiary/aromatic N) is 5. The van der Waals surface area contributed by atoms with E-state index in [-0.39, 0.29) is 11.5 Å². The van der Waals surface area contributed by atoms with Crippen molar-refractivity contribution in [2.75, 3.05) is 25.0 Å². The highest BCUT2D eigenvalue weighted by molar-refractivity contribution is 5.89. The Labute approximate surface area is 146 Å². The van der Waals surface area contributed by atoms with Gasteiger partial charge < -0.3 is 10.1 Å². The minimum Gasteiger partial charge on any atom is -0.454 e. The summed E-state index contributed by atoms with van der Waals surface area (Å²) >= 11 is 0. The van der Waals surface area contributed by atoms with Gasteiger partial charge in [-0.3, -0.25) is 9.88 Å². The number of ether oxygens (including phenoxy) is 1. The Morgan fingerprint density at radius 2 is 2.36 bits per heavy atom. The zero-order chi connectivity index (χ0) is 17.3. The summed E-state index contributed by atoms with van der Waals surface area (Å²) in [5, 5.41) is 6.54. The Bertz CT molecular complexity index is 815. The minimum atomic E-state index is -0.348.